The van der Waals surface area contributed by atoms with Crippen LogP contribution in [-0.2, 0) is 19.6 Å². The molecule has 0 spiro atoms. The number of aromatic nitrogens is 4. The highest BCUT2D eigenvalue weighted by Crippen LogP contribution is 2.25. The molecule has 5 nitrogen and oxygen atoms in total. The number of aryl methyl sites for hydroxylation is 3. The van der Waals surface area contributed by atoms with Crippen molar-refractivity contribution in [3.05, 3.63) is 89.6 Å². The van der Waals surface area contributed by atoms with Gasteiger partial charge in [-0.05, 0) is 39.0 Å². The summed E-state index contributed by atoms with van der Waals surface area (Å²) in [6.45, 7) is 8.72. The van der Waals surface area contributed by atoms with Gasteiger partial charge in [-0.2, -0.15) is 5.10 Å². The predicted molar refractivity (Wildman–Crippen MR) is 117 cm³/mol. The average molecular weight is 386 g/mol. The van der Waals surface area contributed by atoms with Crippen LogP contribution < -0.4 is 5.32 Å². The van der Waals surface area contributed by atoms with Gasteiger partial charge in [-0.3, -0.25) is 0 Å². The number of benzene rings is 2. The highest BCUT2D eigenvalue weighted by Gasteiger charge is 2.13. The standard InChI is InChI=1S/C24H27N5/c1-4-28-13-12-26-23(28)16-25-15-21-17-29(22-10-8-18(2)9-11-22)27-24(21)20-7-5-6-19(3)14-20/h5-14,17,25H,4,15-16H2,1-3H3. The summed E-state index contributed by atoms with van der Waals surface area (Å²) < 4.78 is 4.13. The maximum Gasteiger partial charge on any atom is 0.122 e. The normalized spacial score (nSPS) is 11.1. The Morgan fingerprint density at radius 2 is 1.79 bits per heavy atom. The first-order valence-electron chi connectivity index (χ1n) is 10.1. The van der Waals surface area contributed by atoms with Crippen molar-refractivity contribution in [3.63, 3.8) is 0 Å². The highest BCUT2D eigenvalue weighted by atomic mass is 15.3. The van der Waals surface area contributed by atoms with Crippen LogP contribution in [-0.4, -0.2) is 19.3 Å². The third kappa shape index (κ3) is 4.30. The van der Waals surface area contributed by atoms with E-state index in [4.69, 9.17) is 5.10 Å². The van der Waals surface area contributed by atoms with Crippen molar-refractivity contribution in [2.75, 3.05) is 0 Å². The summed E-state index contributed by atoms with van der Waals surface area (Å²) in [6, 6.07) is 17.0. The molecule has 2 heterocycles. The topological polar surface area (TPSA) is 47.7 Å². The molecule has 0 fully saturated rings. The van der Waals surface area contributed by atoms with E-state index in [2.05, 4.69) is 90.4 Å². The second-order valence-electron chi connectivity index (χ2n) is 7.39. The van der Waals surface area contributed by atoms with E-state index in [-0.39, 0.29) is 0 Å². The zero-order chi connectivity index (χ0) is 20.2. The minimum absolute atomic E-state index is 0.726. The lowest BCUT2D eigenvalue weighted by atomic mass is 10.1. The third-order valence-electron chi connectivity index (χ3n) is 5.12. The van der Waals surface area contributed by atoms with Crippen molar-refractivity contribution in [3.8, 4) is 16.9 Å². The summed E-state index contributed by atoms with van der Waals surface area (Å²) in [5.41, 5.74) is 6.87. The van der Waals surface area contributed by atoms with Gasteiger partial charge in [0.1, 0.15) is 5.82 Å². The van der Waals surface area contributed by atoms with Crippen molar-refractivity contribution >= 4 is 0 Å². The van der Waals surface area contributed by atoms with Crippen LogP contribution in [0.2, 0.25) is 0 Å². The molecule has 1 N–H and O–H groups in total. The van der Waals surface area contributed by atoms with Crippen LogP contribution in [0, 0.1) is 13.8 Å². The molecule has 0 saturated heterocycles. The van der Waals surface area contributed by atoms with Crippen molar-refractivity contribution < 1.29 is 0 Å². The van der Waals surface area contributed by atoms with Crippen LogP contribution in [0.1, 0.15) is 29.4 Å². The van der Waals surface area contributed by atoms with Crippen LogP contribution in [0.4, 0.5) is 0 Å². The molecule has 148 valence electrons. The van der Waals surface area contributed by atoms with E-state index >= 15 is 0 Å². The summed E-state index contributed by atoms with van der Waals surface area (Å²) in [4.78, 5) is 4.45. The first-order chi connectivity index (χ1) is 14.1. The maximum absolute atomic E-state index is 4.93. The molecule has 0 aliphatic rings. The molecular weight excluding hydrogens is 358 g/mol. The smallest absolute Gasteiger partial charge is 0.122 e. The first kappa shape index (κ1) is 19.2. The molecule has 29 heavy (non-hydrogen) atoms. The van der Waals surface area contributed by atoms with Crippen molar-refractivity contribution in [1.29, 1.82) is 0 Å². The van der Waals surface area contributed by atoms with Gasteiger partial charge in [0.05, 0.1) is 17.9 Å². The first-order valence-corrected chi connectivity index (χ1v) is 10.1. The van der Waals surface area contributed by atoms with E-state index < -0.39 is 0 Å². The molecule has 4 aromatic rings. The highest BCUT2D eigenvalue weighted by molar-refractivity contribution is 5.64. The Labute approximate surface area is 172 Å². The van der Waals surface area contributed by atoms with Gasteiger partial charge in [0, 0.05) is 42.8 Å². The quantitative estimate of drug-likeness (QED) is 0.503. The second-order valence-corrected chi connectivity index (χ2v) is 7.39. The summed E-state index contributed by atoms with van der Waals surface area (Å²) in [5.74, 6) is 1.05. The summed E-state index contributed by atoms with van der Waals surface area (Å²) in [7, 11) is 0. The predicted octanol–water partition coefficient (Wildman–Crippen LogP) is 4.66. The Morgan fingerprint density at radius 3 is 2.55 bits per heavy atom. The third-order valence-corrected chi connectivity index (χ3v) is 5.12. The molecule has 0 radical (unpaired) electrons. The van der Waals surface area contributed by atoms with Crippen LogP contribution in [0.15, 0.2) is 67.1 Å². The molecule has 2 aromatic carbocycles. The molecule has 0 unspecified atom stereocenters. The lowest BCUT2D eigenvalue weighted by Gasteiger charge is -2.07. The van der Waals surface area contributed by atoms with E-state index in [1.54, 1.807) is 0 Å². The number of rotatable bonds is 7. The minimum Gasteiger partial charge on any atom is -0.334 e. The molecule has 4 rings (SSSR count). The van der Waals surface area contributed by atoms with Gasteiger partial charge in [-0.1, -0.05) is 41.5 Å². The lowest BCUT2D eigenvalue weighted by molar-refractivity contribution is 0.613. The lowest BCUT2D eigenvalue weighted by Crippen LogP contribution is -2.16. The monoisotopic (exact) mass is 385 g/mol. The molecular formula is C24H27N5. The largest absolute Gasteiger partial charge is 0.334 e. The fourth-order valence-electron chi connectivity index (χ4n) is 3.51. The van der Waals surface area contributed by atoms with E-state index in [0.29, 0.717) is 0 Å². The zero-order valence-corrected chi connectivity index (χ0v) is 17.3. The van der Waals surface area contributed by atoms with Crippen molar-refractivity contribution in [2.45, 2.75) is 40.4 Å². The fraction of sp³-hybridized carbons (Fsp3) is 0.250. The SMILES string of the molecule is CCn1ccnc1CNCc1cn(-c2ccc(C)cc2)nc1-c1cccc(C)c1. The van der Waals surface area contributed by atoms with Gasteiger partial charge in [0.15, 0.2) is 0 Å². The van der Waals surface area contributed by atoms with Crippen molar-refractivity contribution in [1.82, 2.24) is 24.6 Å². The number of hydrogen-bond donors (Lipinski definition) is 1. The maximum atomic E-state index is 4.93. The molecule has 5 heteroatoms. The van der Waals surface area contributed by atoms with E-state index in [0.717, 1.165) is 42.4 Å². The Hall–Kier alpha value is -3.18. The number of imidazole rings is 1. The molecule has 0 atom stereocenters. The Morgan fingerprint density at radius 1 is 0.966 bits per heavy atom. The Bertz CT molecular complexity index is 1090. The van der Waals surface area contributed by atoms with Gasteiger partial charge in [0.25, 0.3) is 0 Å². The van der Waals surface area contributed by atoms with Crippen LogP contribution in [0.5, 0.6) is 0 Å². The van der Waals surface area contributed by atoms with Gasteiger partial charge < -0.3 is 9.88 Å². The zero-order valence-electron chi connectivity index (χ0n) is 17.3. The van der Waals surface area contributed by atoms with Gasteiger partial charge >= 0.3 is 0 Å². The van der Waals surface area contributed by atoms with Crippen LogP contribution in [0.3, 0.4) is 0 Å². The Balaban J connectivity index is 1.62. The van der Waals surface area contributed by atoms with Gasteiger partial charge in [-0.25, -0.2) is 9.67 Å². The van der Waals surface area contributed by atoms with Gasteiger partial charge in [0.2, 0.25) is 0 Å². The summed E-state index contributed by atoms with van der Waals surface area (Å²) in [6.07, 6.45) is 6.00. The minimum atomic E-state index is 0.726. The summed E-state index contributed by atoms with van der Waals surface area (Å²) in [5, 5.41) is 8.47. The van der Waals surface area contributed by atoms with E-state index in [1.165, 1.54) is 16.7 Å². The molecule has 0 bridgehead atoms. The molecule has 0 aliphatic carbocycles. The molecule has 0 amide bonds. The molecule has 2 aromatic heterocycles. The van der Waals surface area contributed by atoms with Crippen LogP contribution in [0.25, 0.3) is 16.9 Å². The van der Waals surface area contributed by atoms with Crippen LogP contribution >= 0.6 is 0 Å². The van der Waals surface area contributed by atoms with Crippen molar-refractivity contribution in [2.24, 2.45) is 0 Å². The Kier molecular flexibility index (Phi) is 5.58. The second kappa shape index (κ2) is 8.45. The number of nitrogens with zero attached hydrogens (tertiary/aromatic N) is 4. The molecule has 0 aliphatic heterocycles. The molecule has 0 saturated carbocycles. The van der Waals surface area contributed by atoms with E-state index in [9.17, 15) is 0 Å². The van der Waals surface area contributed by atoms with E-state index in [1.807, 2.05) is 17.1 Å². The summed E-state index contributed by atoms with van der Waals surface area (Å²) >= 11 is 0. The number of nitrogens with one attached hydrogen (secondary N) is 1. The number of hydrogen-bond acceptors (Lipinski definition) is 3. The van der Waals surface area contributed by atoms with Gasteiger partial charge in [-0.15, -0.1) is 0 Å². The average Bonchev–Trinajstić information content (AvgIpc) is 3.35. The fourth-order valence-corrected chi connectivity index (χ4v) is 3.51.